The van der Waals surface area contributed by atoms with E-state index >= 15 is 0 Å². The third-order valence-corrected chi connectivity index (χ3v) is 4.32. The van der Waals surface area contributed by atoms with E-state index in [4.69, 9.17) is 4.42 Å². The lowest BCUT2D eigenvalue weighted by Gasteiger charge is -2.21. The van der Waals surface area contributed by atoms with Crippen LogP contribution in [0, 0.1) is 0 Å². The van der Waals surface area contributed by atoms with Gasteiger partial charge in [0.15, 0.2) is 0 Å². The van der Waals surface area contributed by atoms with E-state index < -0.39 is 0 Å². The summed E-state index contributed by atoms with van der Waals surface area (Å²) in [5.74, 6) is 0.682. The summed E-state index contributed by atoms with van der Waals surface area (Å²) in [6.45, 7) is 2.04. The maximum absolute atomic E-state index is 13.0. The maximum Gasteiger partial charge on any atom is 0.232 e. The number of carbonyl (C=O) groups excluding carboxylic acids is 1. The number of nitrogens with one attached hydrogen (secondary N) is 1. The predicted molar refractivity (Wildman–Crippen MR) is 99.4 cm³/mol. The largest absolute Gasteiger partial charge is 0.469 e. The molecule has 0 aliphatic heterocycles. The highest BCUT2D eigenvalue weighted by Gasteiger charge is 2.23. The summed E-state index contributed by atoms with van der Waals surface area (Å²) >= 11 is 0. The fourth-order valence-corrected chi connectivity index (χ4v) is 3.00. The average molecular weight is 333 g/mol. The van der Waals surface area contributed by atoms with E-state index in [0.29, 0.717) is 0 Å². The molecule has 1 heterocycles. The molecule has 1 N–H and O–H groups in total. The Balaban J connectivity index is 1.71. The van der Waals surface area contributed by atoms with Gasteiger partial charge >= 0.3 is 0 Å². The van der Waals surface area contributed by atoms with Crippen molar-refractivity contribution in [2.24, 2.45) is 0 Å². The van der Waals surface area contributed by atoms with Crippen molar-refractivity contribution in [3.05, 3.63) is 95.9 Å². The SMILES string of the molecule is C[C@@H](CCc1ccco1)NC(=O)C(c1ccccc1)c1ccccc1. The van der Waals surface area contributed by atoms with Crippen LogP contribution in [-0.2, 0) is 11.2 Å². The predicted octanol–water partition coefficient (Wildman–Crippen LogP) is 4.55. The third-order valence-electron chi connectivity index (χ3n) is 4.32. The molecule has 0 bridgehead atoms. The van der Waals surface area contributed by atoms with E-state index in [-0.39, 0.29) is 17.9 Å². The normalized spacial score (nSPS) is 12.1. The summed E-state index contributed by atoms with van der Waals surface area (Å²) in [7, 11) is 0. The van der Waals surface area contributed by atoms with Gasteiger partial charge in [-0.25, -0.2) is 0 Å². The maximum atomic E-state index is 13.0. The summed E-state index contributed by atoms with van der Waals surface area (Å²) in [6, 6.07) is 23.8. The molecule has 128 valence electrons. The lowest BCUT2D eigenvalue weighted by atomic mass is 9.90. The van der Waals surface area contributed by atoms with Gasteiger partial charge in [0.25, 0.3) is 0 Å². The molecule has 0 saturated carbocycles. The first kappa shape index (κ1) is 17.0. The van der Waals surface area contributed by atoms with Crippen molar-refractivity contribution in [3.8, 4) is 0 Å². The zero-order valence-electron chi connectivity index (χ0n) is 14.4. The topological polar surface area (TPSA) is 42.2 Å². The second kappa shape index (κ2) is 8.34. The van der Waals surface area contributed by atoms with Crippen LogP contribution in [0.3, 0.4) is 0 Å². The van der Waals surface area contributed by atoms with E-state index in [1.807, 2.05) is 79.7 Å². The Bertz CT molecular complexity index is 727. The minimum Gasteiger partial charge on any atom is -0.469 e. The monoisotopic (exact) mass is 333 g/mol. The molecule has 3 rings (SSSR count). The van der Waals surface area contributed by atoms with Gasteiger partial charge in [0, 0.05) is 12.5 Å². The molecule has 0 radical (unpaired) electrons. The molecule has 0 spiro atoms. The highest BCUT2D eigenvalue weighted by molar-refractivity contribution is 5.87. The summed E-state index contributed by atoms with van der Waals surface area (Å²) in [6.07, 6.45) is 3.34. The Morgan fingerprint density at radius 1 is 0.920 bits per heavy atom. The van der Waals surface area contributed by atoms with Crippen LogP contribution in [0.15, 0.2) is 83.5 Å². The standard InChI is InChI=1S/C22H23NO2/c1-17(14-15-20-13-8-16-25-20)23-22(24)21(18-9-4-2-5-10-18)19-11-6-3-7-12-19/h2-13,16-17,21H,14-15H2,1H3,(H,23,24)/t17-/m0/s1. The molecule has 0 saturated heterocycles. The quantitative estimate of drug-likeness (QED) is 0.689. The van der Waals surface area contributed by atoms with Crippen LogP contribution in [0.2, 0.25) is 0 Å². The van der Waals surface area contributed by atoms with Gasteiger partial charge in [-0.05, 0) is 36.6 Å². The van der Waals surface area contributed by atoms with Crippen molar-refractivity contribution < 1.29 is 9.21 Å². The molecule has 0 fully saturated rings. The van der Waals surface area contributed by atoms with Crippen LogP contribution in [0.25, 0.3) is 0 Å². The zero-order valence-corrected chi connectivity index (χ0v) is 14.4. The Kier molecular flexibility index (Phi) is 5.68. The lowest BCUT2D eigenvalue weighted by molar-refractivity contribution is -0.122. The van der Waals surface area contributed by atoms with E-state index in [0.717, 1.165) is 29.7 Å². The van der Waals surface area contributed by atoms with Crippen molar-refractivity contribution in [3.63, 3.8) is 0 Å². The fraction of sp³-hybridized carbons (Fsp3) is 0.227. The molecule has 1 aromatic heterocycles. The Morgan fingerprint density at radius 2 is 1.52 bits per heavy atom. The third kappa shape index (κ3) is 4.60. The molecule has 3 nitrogen and oxygen atoms in total. The fourth-order valence-electron chi connectivity index (χ4n) is 3.00. The van der Waals surface area contributed by atoms with Gasteiger partial charge in [0.2, 0.25) is 5.91 Å². The minimum atomic E-state index is -0.298. The number of hydrogen-bond acceptors (Lipinski definition) is 2. The van der Waals surface area contributed by atoms with Gasteiger partial charge in [-0.15, -0.1) is 0 Å². The van der Waals surface area contributed by atoms with Crippen LogP contribution in [-0.4, -0.2) is 11.9 Å². The van der Waals surface area contributed by atoms with Crippen LogP contribution < -0.4 is 5.32 Å². The van der Waals surface area contributed by atoms with Gasteiger partial charge in [-0.3, -0.25) is 4.79 Å². The average Bonchev–Trinajstić information content (AvgIpc) is 3.16. The Hall–Kier alpha value is -2.81. The summed E-state index contributed by atoms with van der Waals surface area (Å²) in [4.78, 5) is 13.0. The molecule has 3 heteroatoms. The highest BCUT2D eigenvalue weighted by atomic mass is 16.3. The van der Waals surface area contributed by atoms with E-state index in [2.05, 4.69) is 5.32 Å². The summed E-state index contributed by atoms with van der Waals surface area (Å²) in [5.41, 5.74) is 2.01. The second-order valence-corrected chi connectivity index (χ2v) is 6.28. The van der Waals surface area contributed by atoms with Crippen LogP contribution in [0.5, 0.6) is 0 Å². The molecule has 2 aromatic carbocycles. The van der Waals surface area contributed by atoms with E-state index in [1.165, 1.54) is 0 Å². The molecule has 0 unspecified atom stereocenters. The molecule has 0 aliphatic rings. The van der Waals surface area contributed by atoms with Gasteiger partial charge in [-0.1, -0.05) is 60.7 Å². The molecule has 25 heavy (non-hydrogen) atoms. The summed E-state index contributed by atoms with van der Waals surface area (Å²) in [5, 5.41) is 3.16. The van der Waals surface area contributed by atoms with Crippen LogP contribution in [0.4, 0.5) is 0 Å². The van der Waals surface area contributed by atoms with E-state index in [1.54, 1.807) is 6.26 Å². The Morgan fingerprint density at radius 3 is 2.04 bits per heavy atom. The number of carbonyl (C=O) groups is 1. The molecule has 1 amide bonds. The number of hydrogen-bond donors (Lipinski definition) is 1. The van der Waals surface area contributed by atoms with Crippen molar-refractivity contribution in [1.29, 1.82) is 0 Å². The van der Waals surface area contributed by atoms with Crippen LogP contribution >= 0.6 is 0 Å². The second-order valence-electron chi connectivity index (χ2n) is 6.28. The van der Waals surface area contributed by atoms with Gasteiger partial charge in [-0.2, -0.15) is 0 Å². The molecular formula is C22H23NO2. The molecule has 3 aromatic rings. The molecule has 1 atom stereocenters. The number of furan rings is 1. The van der Waals surface area contributed by atoms with Crippen molar-refractivity contribution >= 4 is 5.91 Å². The number of aryl methyl sites for hydroxylation is 1. The first-order valence-electron chi connectivity index (χ1n) is 8.66. The number of benzene rings is 2. The zero-order chi connectivity index (χ0) is 17.5. The minimum absolute atomic E-state index is 0.0318. The Labute approximate surface area is 148 Å². The molecule has 0 aliphatic carbocycles. The van der Waals surface area contributed by atoms with Gasteiger partial charge in [0.1, 0.15) is 5.76 Å². The van der Waals surface area contributed by atoms with Crippen molar-refractivity contribution in [1.82, 2.24) is 5.32 Å². The van der Waals surface area contributed by atoms with Crippen LogP contribution in [0.1, 0.15) is 36.1 Å². The van der Waals surface area contributed by atoms with Gasteiger partial charge < -0.3 is 9.73 Å². The first-order chi connectivity index (χ1) is 12.2. The van der Waals surface area contributed by atoms with E-state index in [9.17, 15) is 4.79 Å². The highest BCUT2D eigenvalue weighted by Crippen LogP contribution is 2.25. The lowest BCUT2D eigenvalue weighted by Crippen LogP contribution is -2.37. The number of amides is 1. The van der Waals surface area contributed by atoms with Crippen molar-refractivity contribution in [2.45, 2.75) is 31.7 Å². The van der Waals surface area contributed by atoms with Gasteiger partial charge in [0.05, 0.1) is 12.2 Å². The smallest absolute Gasteiger partial charge is 0.232 e. The summed E-state index contributed by atoms with van der Waals surface area (Å²) < 4.78 is 5.36. The number of rotatable bonds is 7. The van der Waals surface area contributed by atoms with Crippen molar-refractivity contribution in [2.75, 3.05) is 0 Å². The molecular weight excluding hydrogens is 310 g/mol. The first-order valence-corrected chi connectivity index (χ1v) is 8.66.